The van der Waals surface area contributed by atoms with Crippen molar-refractivity contribution >= 4 is 11.6 Å². The van der Waals surface area contributed by atoms with Gasteiger partial charge in [0.2, 0.25) is 5.91 Å². The molecule has 1 amide bonds. The maximum Gasteiger partial charge on any atom is 0.243 e. The number of anilines is 1. The first kappa shape index (κ1) is 28.4. The van der Waals surface area contributed by atoms with Crippen molar-refractivity contribution in [3.63, 3.8) is 0 Å². The Morgan fingerprint density at radius 1 is 1.03 bits per heavy atom. The first-order valence-corrected chi connectivity index (χ1v) is 10.7. The molecule has 1 saturated heterocycles. The number of amides is 1. The quantitative estimate of drug-likeness (QED) is 0.410. The fourth-order valence-corrected chi connectivity index (χ4v) is 3.56. The molecular formula is C21H37N5O5. The maximum atomic E-state index is 13.1. The highest BCUT2D eigenvalue weighted by Crippen LogP contribution is 2.21. The lowest BCUT2D eigenvalue weighted by Crippen LogP contribution is -2.58. The Balaban J connectivity index is 0.00000134. The van der Waals surface area contributed by atoms with Gasteiger partial charge in [-0.2, -0.15) is 0 Å². The summed E-state index contributed by atoms with van der Waals surface area (Å²) in [6.07, 6.45) is 4.74. The normalized spacial score (nSPS) is 16.2. The van der Waals surface area contributed by atoms with Gasteiger partial charge in [0.1, 0.15) is 6.04 Å². The molecule has 1 aromatic carbocycles. The average Bonchev–Trinajstić information content (AvgIpc) is 2.74. The van der Waals surface area contributed by atoms with E-state index in [1.807, 2.05) is 6.07 Å². The van der Waals surface area contributed by atoms with Crippen LogP contribution in [0.1, 0.15) is 50.7 Å². The van der Waals surface area contributed by atoms with Crippen LogP contribution >= 0.6 is 0 Å². The summed E-state index contributed by atoms with van der Waals surface area (Å²) in [4.78, 5) is 34.2. The number of aryl methyl sites for hydroxylation is 2. The van der Waals surface area contributed by atoms with E-state index in [1.165, 1.54) is 29.9 Å². The van der Waals surface area contributed by atoms with E-state index >= 15 is 0 Å². The molecule has 1 unspecified atom stereocenters. The molecule has 10 nitrogen and oxygen atoms in total. The molecule has 1 fully saturated rings. The zero-order chi connectivity index (χ0) is 23.6. The first-order chi connectivity index (χ1) is 14.9. The number of carbonyl (C=O) groups is 1. The fourth-order valence-electron chi connectivity index (χ4n) is 3.56. The molecular weight excluding hydrogens is 402 g/mol. The van der Waals surface area contributed by atoms with E-state index in [1.54, 1.807) is 0 Å². The van der Waals surface area contributed by atoms with Crippen LogP contribution in [0.25, 0.3) is 0 Å². The number of carbonyl (C=O) groups excluding carboxylic acids is 1. The van der Waals surface area contributed by atoms with Crippen LogP contribution < -0.4 is 5.32 Å². The monoisotopic (exact) mass is 439 g/mol. The van der Waals surface area contributed by atoms with Crippen molar-refractivity contribution in [2.45, 2.75) is 59.4 Å². The van der Waals surface area contributed by atoms with Gasteiger partial charge < -0.3 is 15.7 Å². The standard InChI is InChI=1S/C21H35N3O.2HNO2/c1-5-7-12-23-14-15-24(13-8-6-2)19(16-23)21(25)22-20-17(3)10-9-11-18(20)4;2*2-1-3/h9-11,19H,5-8,12-16H2,1-4H3,(H,22,25);2*(H,2,3). The van der Waals surface area contributed by atoms with Gasteiger partial charge in [0.25, 0.3) is 0 Å². The van der Waals surface area contributed by atoms with E-state index in [0.717, 1.165) is 56.0 Å². The molecule has 1 aliphatic rings. The summed E-state index contributed by atoms with van der Waals surface area (Å²) >= 11 is 0. The molecule has 0 saturated carbocycles. The molecule has 0 radical (unpaired) electrons. The van der Waals surface area contributed by atoms with Crippen molar-refractivity contribution in [3.8, 4) is 0 Å². The van der Waals surface area contributed by atoms with Crippen LogP contribution in [0.2, 0.25) is 0 Å². The SMILES string of the molecule is CCCCN1CCN(CCCC)C(C(=O)Nc2c(C)cccc2C)C1.O=NO.O=NO. The highest BCUT2D eigenvalue weighted by molar-refractivity contribution is 5.96. The summed E-state index contributed by atoms with van der Waals surface area (Å²) in [6, 6.07) is 6.12. The molecule has 1 atom stereocenters. The van der Waals surface area contributed by atoms with E-state index in [0.29, 0.717) is 0 Å². The summed E-state index contributed by atoms with van der Waals surface area (Å²) < 4.78 is 0. The zero-order valence-electron chi connectivity index (χ0n) is 19.1. The molecule has 0 aliphatic carbocycles. The van der Waals surface area contributed by atoms with Crippen molar-refractivity contribution < 1.29 is 15.2 Å². The number of rotatable bonds is 8. The lowest BCUT2D eigenvalue weighted by molar-refractivity contribution is -0.123. The molecule has 176 valence electrons. The third kappa shape index (κ3) is 10.8. The maximum absolute atomic E-state index is 13.1. The van der Waals surface area contributed by atoms with E-state index in [4.69, 9.17) is 20.2 Å². The van der Waals surface area contributed by atoms with Crippen LogP contribution in [0.3, 0.4) is 0 Å². The first-order valence-electron chi connectivity index (χ1n) is 10.7. The smallest absolute Gasteiger partial charge is 0.243 e. The Bertz CT molecular complexity index is 633. The molecule has 2 rings (SSSR count). The number of benzene rings is 1. The van der Waals surface area contributed by atoms with Gasteiger partial charge in [-0.05, 0) is 50.9 Å². The molecule has 31 heavy (non-hydrogen) atoms. The fraction of sp³-hybridized carbons (Fsp3) is 0.667. The van der Waals surface area contributed by atoms with Crippen LogP contribution in [0.4, 0.5) is 5.69 Å². The third-order valence-corrected chi connectivity index (χ3v) is 5.23. The second kappa shape index (κ2) is 17.1. The molecule has 1 heterocycles. The largest absolute Gasteiger partial charge is 0.379 e. The number of nitrogens with one attached hydrogen (secondary N) is 1. The van der Waals surface area contributed by atoms with Gasteiger partial charge in [-0.1, -0.05) is 44.9 Å². The van der Waals surface area contributed by atoms with Crippen LogP contribution in [-0.4, -0.2) is 64.9 Å². The lowest BCUT2D eigenvalue weighted by atomic mass is 10.1. The number of hydrogen-bond acceptors (Lipinski definition) is 7. The Morgan fingerprint density at radius 3 is 2.06 bits per heavy atom. The number of unbranched alkanes of at least 4 members (excludes halogenated alkanes) is 2. The minimum absolute atomic E-state index is 0.0452. The number of para-hydroxylation sites is 1. The van der Waals surface area contributed by atoms with Crippen molar-refractivity contribution in [3.05, 3.63) is 39.1 Å². The second-order valence-corrected chi connectivity index (χ2v) is 7.48. The van der Waals surface area contributed by atoms with Crippen molar-refractivity contribution in [2.75, 3.05) is 38.0 Å². The molecule has 0 bridgehead atoms. The van der Waals surface area contributed by atoms with E-state index in [2.05, 4.69) is 54.9 Å². The van der Waals surface area contributed by atoms with Gasteiger partial charge in [0, 0.05) is 25.3 Å². The predicted molar refractivity (Wildman–Crippen MR) is 121 cm³/mol. The van der Waals surface area contributed by atoms with Gasteiger partial charge >= 0.3 is 0 Å². The van der Waals surface area contributed by atoms with Gasteiger partial charge in [0.05, 0.1) is 0 Å². The minimum Gasteiger partial charge on any atom is -0.379 e. The summed E-state index contributed by atoms with van der Waals surface area (Å²) in [5.41, 5.74) is 3.24. The number of piperazine rings is 1. The molecule has 3 N–H and O–H groups in total. The van der Waals surface area contributed by atoms with Crippen LogP contribution in [0.15, 0.2) is 28.9 Å². The Hall–Kier alpha value is -2.59. The van der Waals surface area contributed by atoms with E-state index < -0.39 is 0 Å². The predicted octanol–water partition coefficient (Wildman–Crippen LogP) is 4.11. The highest BCUT2D eigenvalue weighted by Gasteiger charge is 2.32. The molecule has 0 spiro atoms. The van der Waals surface area contributed by atoms with Gasteiger partial charge in [-0.3, -0.25) is 14.6 Å². The Labute approximate surface area is 184 Å². The summed E-state index contributed by atoms with van der Waals surface area (Å²) in [7, 11) is 0. The minimum atomic E-state index is -0.0452. The number of hydrogen-bond donors (Lipinski definition) is 3. The number of nitrogens with zero attached hydrogens (tertiary/aromatic N) is 4. The summed E-state index contributed by atoms with van der Waals surface area (Å²) in [5, 5.41) is 19.0. The van der Waals surface area contributed by atoms with Crippen LogP contribution in [0, 0.1) is 23.7 Å². The van der Waals surface area contributed by atoms with Gasteiger partial charge in [0.15, 0.2) is 10.7 Å². The molecule has 1 aromatic rings. The summed E-state index contributed by atoms with van der Waals surface area (Å²) in [6.45, 7) is 13.6. The third-order valence-electron chi connectivity index (χ3n) is 5.23. The summed E-state index contributed by atoms with van der Waals surface area (Å²) in [5.74, 6) is 0.148. The van der Waals surface area contributed by atoms with E-state index in [-0.39, 0.29) is 11.9 Å². The Morgan fingerprint density at radius 2 is 1.55 bits per heavy atom. The highest BCUT2D eigenvalue weighted by atomic mass is 16.6. The van der Waals surface area contributed by atoms with Crippen LogP contribution in [0.5, 0.6) is 0 Å². The molecule has 1 aliphatic heterocycles. The average molecular weight is 440 g/mol. The van der Waals surface area contributed by atoms with Crippen LogP contribution in [-0.2, 0) is 4.79 Å². The van der Waals surface area contributed by atoms with Crippen molar-refractivity contribution in [1.82, 2.24) is 9.80 Å². The zero-order valence-corrected chi connectivity index (χ0v) is 19.1. The lowest BCUT2D eigenvalue weighted by Gasteiger charge is -2.40. The molecule has 10 heteroatoms. The molecule has 0 aromatic heterocycles. The topological polar surface area (TPSA) is 135 Å². The van der Waals surface area contributed by atoms with E-state index in [9.17, 15) is 4.79 Å². The van der Waals surface area contributed by atoms with Gasteiger partial charge in [-0.15, -0.1) is 9.81 Å². The van der Waals surface area contributed by atoms with Gasteiger partial charge in [-0.25, -0.2) is 0 Å². The van der Waals surface area contributed by atoms with Crippen molar-refractivity contribution in [2.24, 2.45) is 10.7 Å². The Kier molecular flexibility index (Phi) is 15.7. The van der Waals surface area contributed by atoms with Crippen molar-refractivity contribution in [1.29, 1.82) is 0 Å². The second-order valence-electron chi connectivity index (χ2n) is 7.48.